The first-order valence-electron chi connectivity index (χ1n) is 6.21. The lowest BCUT2D eigenvalue weighted by Gasteiger charge is -2.19. The third-order valence-electron chi connectivity index (χ3n) is 3.14. The van der Waals surface area contributed by atoms with Crippen molar-refractivity contribution in [1.29, 1.82) is 0 Å². The van der Waals surface area contributed by atoms with Crippen LogP contribution in [0.5, 0.6) is 0 Å². The summed E-state index contributed by atoms with van der Waals surface area (Å²) in [7, 11) is 1.87. The molecule has 0 saturated heterocycles. The zero-order valence-electron chi connectivity index (χ0n) is 11.3. The van der Waals surface area contributed by atoms with Crippen LogP contribution in [0, 0.1) is 19.7 Å². The van der Waals surface area contributed by atoms with Gasteiger partial charge in [-0.25, -0.2) is 4.39 Å². The maximum absolute atomic E-state index is 13.6. The van der Waals surface area contributed by atoms with Gasteiger partial charge in [-0.05, 0) is 44.2 Å². The maximum atomic E-state index is 13.6. The lowest BCUT2D eigenvalue weighted by molar-refractivity contribution is 0.617. The second kappa shape index (κ2) is 5.72. The van der Waals surface area contributed by atoms with E-state index in [9.17, 15) is 4.39 Å². The zero-order chi connectivity index (χ0) is 14.0. The van der Waals surface area contributed by atoms with Crippen LogP contribution in [0.25, 0.3) is 0 Å². The highest BCUT2D eigenvalue weighted by molar-refractivity contribution is 6.30. The monoisotopic (exact) mass is 277 g/mol. The fourth-order valence-electron chi connectivity index (χ4n) is 2.39. The van der Waals surface area contributed by atoms with Crippen LogP contribution in [0.15, 0.2) is 36.4 Å². The highest BCUT2D eigenvalue weighted by atomic mass is 35.5. The van der Waals surface area contributed by atoms with Crippen LogP contribution in [-0.4, -0.2) is 7.05 Å². The Morgan fingerprint density at radius 2 is 1.63 bits per heavy atom. The smallest absolute Gasteiger partial charge is 0.142 e. The Kier molecular flexibility index (Phi) is 4.23. The Bertz CT molecular complexity index is 575. The third-order valence-corrected chi connectivity index (χ3v) is 3.45. The van der Waals surface area contributed by atoms with Gasteiger partial charge in [-0.1, -0.05) is 47.0 Å². The molecule has 100 valence electrons. The summed E-state index contributed by atoms with van der Waals surface area (Å²) in [5, 5.41) is 3.38. The minimum atomic E-state index is -0.385. The molecule has 0 heterocycles. The molecule has 2 rings (SSSR count). The van der Waals surface area contributed by atoms with Crippen LogP contribution in [0.1, 0.15) is 28.3 Å². The predicted molar refractivity (Wildman–Crippen MR) is 78.2 cm³/mol. The fourth-order valence-corrected chi connectivity index (χ4v) is 2.51. The Morgan fingerprint density at radius 1 is 1.00 bits per heavy atom. The average Bonchev–Trinajstić information content (AvgIpc) is 2.33. The molecule has 0 spiro atoms. The molecule has 0 saturated carbocycles. The molecule has 0 aliphatic heterocycles. The third kappa shape index (κ3) is 3.14. The molecule has 1 nitrogen and oxygen atoms in total. The number of halogens is 2. The largest absolute Gasteiger partial charge is 0.309 e. The van der Waals surface area contributed by atoms with Crippen molar-refractivity contribution in [2.75, 3.05) is 7.05 Å². The first kappa shape index (κ1) is 14.0. The van der Waals surface area contributed by atoms with Gasteiger partial charge >= 0.3 is 0 Å². The first-order chi connectivity index (χ1) is 9.01. The van der Waals surface area contributed by atoms with E-state index in [0.29, 0.717) is 0 Å². The van der Waals surface area contributed by atoms with Crippen molar-refractivity contribution in [3.05, 3.63) is 69.5 Å². The van der Waals surface area contributed by atoms with Crippen LogP contribution >= 0.6 is 11.6 Å². The lowest BCUT2D eigenvalue weighted by atomic mass is 9.96. The molecule has 0 amide bonds. The van der Waals surface area contributed by atoms with Gasteiger partial charge in [0.25, 0.3) is 0 Å². The van der Waals surface area contributed by atoms with Gasteiger partial charge in [-0.3, -0.25) is 0 Å². The molecule has 0 radical (unpaired) electrons. The Hall–Kier alpha value is -1.38. The van der Waals surface area contributed by atoms with Crippen LogP contribution in [0.4, 0.5) is 4.39 Å². The van der Waals surface area contributed by atoms with Gasteiger partial charge in [0.2, 0.25) is 0 Å². The maximum Gasteiger partial charge on any atom is 0.142 e. The number of hydrogen-bond acceptors (Lipinski definition) is 1. The molecule has 1 unspecified atom stereocenters. The summed E-state index contributed by atoms with van der Waals surface area (Å²) >= 11 is 5.73. The van der Waals surface area contributed by atoms with Crippen LogP contribution < -0.4 is 5.32 Å². The van der Waals surface area contributed by atoms with E-state index in [1.54, 1.807) is 6.07 Å². The van der Waals surface area contributed by atoms with Crippen molar-refractivity contribution < 1.29 is 4.39 Å². The SMILES string of the molecule is CNC(c1cc(C)cc(C)c1)c1ccc(Cl)c(F)c1. The fraction of sp³-hybridized carbons (Fsp3) is 0.250. The van der Waals surface area contributed by atoms with Gasteiger partial charge < -0.3 is 5.32 Å². The Labute approximate surface area is 118 Å². The molecular formula is C16H17ClFN. The van der Waals surface area contributed by atoms with E-state index in [2.05, 4.69) is 37.4 Å². The minimum absolute atomic E-state index is 0.0367. The number of rotatable bonds is 3. The van der Waals surface area contributed by atoms with Crippen molar-refractivity contribution in [2.45, 2.75) is 19.9 Å². The lowest BCUT2D eigenvalue weighted by Crippen LogP contribution is -2.18. The molecule has 2 aromatic carbocycles. The minimum Gasteiger partial charge on any atom is -0.309 e. The Balaban J connectivity index is 2.46. The predicted octanol–water partition coefficient (Wildman–Crippen LogP) is 4.40. The molecular weight excluding hydrogens is 261 g/mol. The van der Waals surface area contributed by atoms with E-state index >= 15 is 0 Å². The summed E-state index contributed by atoms with van der Waals surface area (Å²) in [6, 6.07) is 11.2. The summed E-state index contributed by atoms with van der Waals surface area (Å²) in [5.41, 5.74) is 4.39. The summed E-state index contributed by atoms with van der Waals surface area (Å²) in [4.78, 5) is 0. The van der Waals surface area contributed by atoms with E-state index < -0.39 is 0 Å². The highest BCUT2D eigenvalue weighted by Crippen LogP contribution is 2.26. The second-order valence-corrected chi connectivity index (χ2v) is 5.22. The zero-order valence-corrected chi connectivity index (χ0v) is 12.1. The standard InChI is InChI=1S/C16H17ClFN/c1-10-6-11(2)8-13(7-10)16(19-3)12-4-5-14(17)15(18)9-12/h4-9,16,19H,1-3H3. The van der Waals surface area contributed by atoms with Crippen LogP contribution in [-0.2, 0) is 0 Å². The van der Waals surface area contributed by atoms with Gasteiger partial charge in [0.05, 0.1) is 11.1 Å². The number of hydrogen-bond donors (Lipinski definition) is 1. The van der Waals surface area contributed by atoms with E-state index in [0.717, 1.165) is 11.1 Å². The number of nitrogens with one attached hydrogen (secondary N) is 1. The molecule has 0 bridgehead atoms. The molecule has 2 aromatic rings. The molecule has 1 atom stereocenters. The Morgan fingerprint density at radius 3 is 2.16 bits per heavy atom. The van der Waals surface area contributed by atoms with Crippen molar-refractivity contribution in [2.24, 2.45) is 0 Å². The van der Waals surface area contributed by atoms with Crippen LogP contribution in [0.2, 0.25) is 5.02 Å². The number of aryl methyl sites for hydroxylation is 2. The normalized spacial score (nSPS) is 12.5. The molecule has 0 aliphatic rings. The van der Waals surface area contributed by atoms with E-state index in [1.807, 2.05) is 13.1 Å². The molecule has 0 aromatic heterocycles. The first-order valence-corrected chi connectivity index (χ1v) is 6.59. The molecule has 3 heteroatoms. The molecule has 1 N–H and O–H groups in total. The van der Waals surface area contributed by atoms with Crippen molar-refractivity contribution >= 4 is 11.6 Å². The average molecular weight is 278 g/mol. The van der Waals surface area contributed by atoms with Crippen molar-refractivity contribution in [3.63, 3.8) is 0 Å². The topological polar surface area (TPSA) is 12.0 Å². The van der Waals surface area contributed by atoms with Gasteiger partial charge in [-0.2, -0.15) is 0 Å². The highest BCUT2D eigenvalue weighted by Gasteiger charge is 2.14. The summed E-state index contributed by atoms with van der Waals surface area (Å²) in [6.07, 6.45) is 0. The number of benzene rings is 2. The van der Waals surface area contributed by atoms with Crippen molar-refractivity contribution in [1.82, 2.24) is 5.32 Å². The van der Waals surface area contributed by atoms with Gasteiger partial charge in [-0.15, -0.1) is 0 Å². The van der Waals surface area contributed by atoms with Crippen LogP contribution in [0.3, 0.4) is 0 Å². The van der Waals surface area contributed by atoms with E-state index in [4.69, 9.17) is 11.6 Å². The molecule has 0 fully saturated rings. The summed E-state index contributed by atoms with van der Waals surface area (Å²) < 4.78 is 13.6. The van der Waals surface area contributed by atoms with Gasteiger partial charge in [0, 0.05) is 0 Å². The van der Waals surface area contributed by atoms with E-state index in [1.165, 1.54) is 17.2 Å². The molecule has 19 heavy (non-hydrogen) atoms. The second-order valence-electron chi connectivity index (χ2n) is 4.82. The quantitative estimate of drug-likeness (QED) is 0.876. The molecule has 0 aliphatic carbocycles. The van der Waals surface area contributed by atoms with E-state index in [-0.39, 0.29) is 16.9 Å². The van der Waals surface area contributed by atoms with Gasteiger partial charge in [0.15, 0.2) is 0 Å². The van der Waals surface area contributed by atoms with Crippen molar-refractivity contribution in [3.8, 4) is 0 Å². The van der Waals surface area contributed by atoms with Gasteiger partial charge in [0.1, 0.15) is 5.82 Å². The summed E-state index contributed by atoms with van der Waals surface area (Å²) in [6.45, 7) is 4.12. The summed E-state index contributed by atoms with van der Waals surface area (Å²) in [5.74, 6) is -0.385.